The van der Waals surface area contributed by atoms with Crippen molar-refractivity contribution in [1.82, 2.24) is 0 Å². The van der Waals surface area contributed by atoms with Crippen LogP contribution in [0.25, 0.3) is 10.8 Å². The van der Waals surface area contributed by atoms with Gasteiger partial charge in [0, 0.05) is 29.3 Å². The van der Waals surface area contributed by atoms with Crippen LogP contribution in [0.1, 0.15) is 37.3 Å². The molecule has 1 heterocycles. The summed E-state index contributed by atoms with van der Waals surface area (Å²) < 4.78 is 5.18. The van der Waals surface area contributed by atoms with E-state index in [1.165, 1.54) is 7.11 Å². The van der Waals surface area contributed by atoms with Crippen molar-refractivity contribution in [3.8, 4) is 0 Å². The zero-order valence-corrected chi connectivity index (χ0v) is 17.9. The Hall–Kier alpha value is -3.40. The Morgan fingerprint density at radius 1 is 1.00 bits per heavy atom. The highest BCUT2D eigenvalue weighted by Gasteiger charge is 2.50. The fourth-order valence-corrected chi connectivity index (χ4v) is 5.30. The molecule has 2 aliphatic rings. The summed E-state index contributed by atoms with van der Waals surface area (Å²) in [5.41, 5.74) is 3.90. The van der Waals surface area contributed by atoms with Gasteiger partial charge in [-0.3, -0.25) is 9.59 Å². The first-order chi connectivity index (χ1) is 14.9. The molecule has 0 saturated carbocycles. The minimum atomic E-state index is -0.536. The summed E-state index contributed by atoms with van der Waals surface area (Å²) in [6, 6.07) is 22.5. The number of nitrogens with one attached hydrogen (secondary N) is 1. The minimum Gasteiger partial charge on any atom is -0.468 e. The standard InChI is InChI=1S/C27H25NO3/c1-27(2)15-20(29)23-21(17-10-5-4-6-11-17)22-18-12-8-7-9-16(18)13-14-19(22)28-25(23)24(27)26(30)31-3/h4-14,21,24,28H,15H2,1-3H3/t21-,24+/m1/s1. The van der Waals surface area contributed by atoms with Gasteiger partial charge in [-0.1, -0.05) is 74.5 Å². The molecule has 4 nitrogen and oxygen atoms in total. The van der Waals surface area contributed by atoms with Crippen LogP contribution in [0.3, 0.4) is 0 Å². The Morgan fingerprint density at radius 2 is 1.71 bits per heavy atom. The molecule has 3 aromatic rings. The Kier molecular flexibility index (Phi) is 4.47. The molecule has 5 rings (SSSR count). The van der Waals surface area contributed by atoms with Crippen LogP contribution in [-0.4, -0.2) is 18.9 Å². The molecule has 2 atom stereocenters. The smallest absolute Gasteiger partial charge is 0.315 e. The number of methoxy groups -OCH3 is 1. The number of carbonyl (C=O) groups excluding carboxylic acids is 2. The number of rotatable bonds is 2. The molecule has 0 bridgehead atoms. The van der Waals surface area contributed by atoms with Gasteiger partial charge in [0.1, 0.15) is 5.92 Å². The highest BCUT2D eigenvalue weighted by molar-refractivity contribution is 6.06. The first kappa shape index (κ1) is 19.6. The summed E-state index contributed by atoms with van der Waals surface area (Å²) in [5, 5.41) is 5.74. The summed E-state index contributed by atoms with van der Waals surface area (Å²) in [6.45, 7) is 3.93. The molecule has 0 aromatic heterocycles. The highest BCUT2D eigenvalue weighted by atomic mass is 16.5. The summed E-state index contributed by atoms with van der Waals surface area (Å²) in [6.07, 6.45) is 0.302. The average molecular weight is 412 g/mol. The van der Waals surface area contributed by atoms with Gasteiger partial charge in [-0.05, 0) is 33.4 Å². The van der Waals surface area contributed by atoms with Crippen molar-refractivity contribution >= 4 is 28.2 Å². The SMILES string of the molecule is COC(=O)[C@@H]1C2=C(C(=O)CC1(C)C)[C@H](c1ccccc1)c1c(ccc3ccccc13)N2. The third-order valence-corrected chi connectivity index (χ3v) is 6.66. The van der Waals surface area contributed by atoms with E-state index in [-0.39, 0.29) is 17.7 Å². The van der Waals surface area contributed by atoms with Gasteiger partial charge in [-0.25, -0.2) is 0 Å². The first-order valence-electron chi connectivity index (χ1n) is 10.6. The number of allylic oxidation sites excluding steroid dienone is 1. The fraction of sp³-hybridized carbons (Fsp3) is 0.259. The molecule has 0 fully saturated rings. The number of carbonyl (C=O) groups is 2. The molecule has 0 radical (unpaired) electrons. The van der Waals surface area contributed by atoms with Crippen molar-refractivity contribution in [1.29, 1.82) is 0 Å². The van der Waals surface area contributed by atoms with Gasteiger partial charge in [0.25, 0.3) is 0 Å². The number of hydrogen-bond acceptors (Lipinski definition) is 4. The van der Waals surface area contributed by atoms with Crippen molar-refractivity contribution in [2.24, 2.45) is 11.3 Å². The van der Waals surface area contributed by atoms with Gasteiger partial charge in [-0.2, -0.15) is 0 Å². The van der Waals surface area contributed by atoms with Crippen molar-refractivity contribution in [2.45, 2.75) is 26.2 Å². The second kappa shape index (κ2) is 7.09. The van der Waals surface area contributed by atoms with Gasteiger partial charge in [0.15, 0.2) is 5.78 Å². The molecule has 1 aliphatic carbocycles. The average Bonchev–Trinajstić information content (AvgIpc) is 2.77. The summed E-state index contributed by atoms with van der Waals surface area (Å²) in [5.74, 6) is -1.00. The molecule has 4 heteroatoms. The normalized spacial score (nSPS) is 21.8. The summed E-state index contributed by atoms with van der Waals surface area (Å²) in [7, 11) is 1.41. The Morgan fingerprint density at radius 3 is 2.45 bits per heavy atom. The van der Waals surface area contributed by atoms with Crippen LogP contribution in [0.2, 0.25) is 0 Å². The number of benzene rings is 3. The molecule has 0 unspecified atom stereocenters. The monoisotopic (exact) mass is 411 g/mol. The van der Waals surface area contributed by atoms with E-state index in [4.69, 9.17) is 4.74 Å². The fourth-order valence-electron chi connectivity index (χ4n) is 5.30. The summed E-state index contributed by atoms with van der Waals surface area (Å²) in [4.78, 5) is 26.5. The number of anilines is 1. The van der Waals surface area contributed by atoms with Gasteiger partial charge < -0.3 is 10.1 Å². The van der Waals surface area contributed by atoms with Crippen LogP contribution in [0.4, 0.5) is 5.69 Å². The second-order valence-electron chi connectivity index (χ2n) is 9.09. The Labute approximate surface area is 181 Å². The van der Waals surface area contributed by atoms with Gasteiger partial charge >= 0.3 is 5.97 Å². The molecular weight excluding hydrogens is 386 g/mol. The third kappa shape index (κ3) is 2.97. The van der Waals surface area contributed by atoms with E-state index in [0.29, 0.717) is 17.7 Å². The topological polar surface area (TPSA) is 55.4 Å². The quantitative estimate of drug-likeness (QED) is 0.571. The van der Waals surface area contributed by atoms with Gasteiger partial charge in [0.2, 0.25) is 0 Å². The van der Waals surface area contributed by atoms with Crippen molar-refractivity contribution in [2.75, 3.05) is 12.4 Å². The number of fused-ring (bicyclic) bond motifs is 3. The number of ether oxygens (including phenoxy) is 1. The predicted octanol–water partition coefficient (Wildman–Crippen LogP) is 5.44. The lowest BCUT2D eigenvalue weighted by atomic mass is 9.63. The van der Waals surface area contributed by atoms with Crippen molar-refractivity contribution in [3.05, 3.63) is 89.1 Å². The maximum atomic E-state index is 13.6. The molecule has 3 aromatic carbocycles. The second-order valence-corrected chi connectivity index (χ2v) is 9.09. The highest BCUT2D eigenvalue weighted by Crippen LogP contribution is 2.53. The Balaban J connectivity index is 1.85. The Bertz CT molecular complexity index is 1240. The van der Waals surface area contributed by atoms with E-state index < -0.39 is 11.3 Å². The van der Waals surface area contributed by atoms with Crippen molar-refractivity contribution < 1.29 is 14.3 Å². The van der Waals surface area contributed by atoms with Crippen LogP contribution in [0.15, 0.2) is 78.0 Å². The number of hydrogen-bond donors (Lipinski definition) is 1. The van der Waals surface area contributed by atoms with Gasteiger partial charge in [-0.15, -0.1) is 0 Å². The van der Waals surface area contributed by atoms with E-state index in [0.717, 1.165) is 27.6 Å². The number of ketones is 1. The molecule has 156 valence electrons. The zero-order chi connectivity index (χ0) is 21.8. The van der Waals surface area contributed by atoms with Crippen molar-refractivity contribution in [3.63, 3.8) is 0 Å². The number of Topliss-reactive ketones (excluding diaryl/α,β-unsaturated/α-hetero) is 1. The van der Waals surface area contributed by atoms with E-state index in [2.05, 4.69) is 41.7 Å². The van der Waals surface area contributed by atoms with E-state index in [9.17, 15) is 9.59 Å². The van der Waals surface area contributed by atoms with Gasteiger partial charge in [0.05, 0.1) is 7.11 Å². The zero-order valence-electron chi connectivity index (χ0n) is 17.9. The van der Waals surface area contributed by atoms with Crippen LogP contribution >= 0.6 is 0 Å². The van der Waals surface area contributed by atoms with Crippen LogP contribution in [0, 0.1) is 11.3 Å². The van der Waals surface area contributed by atoms with E-state index >= 15 is 0 Å². The van der Waals surface area contributed by atoms with Crippen LogP contribution in [-0.2, 0) is 14.3 Å². The first-order valence-corrected chi connectivity index (χ1v) is 10.6. The molecule has 31 heavy (non-hydrogen) atoms. The molecule has 0 spiro atoms. The molecular formula is C27H25NO3. The lowest BCUT2D eigenvalue weighted by Gasteiger charge is -2.44. The molecule has 0 amide bonds. The largest absolute Gasteiger partial charge is 0.468 e. The van der Waals surface area contributed by atoms with Crippen LogP contribution < -0.4 is 5.32 Å². The number of esters is 1. The third-order valence-electron chi connectivity index (χ3n) is 6.66. The minimum absolute atomic E-state index is 0.0834. The lowest BCUT2D eigenvalue weighted by Crippen LogP contribution is -2.44. The van der Waals surface area contributed by atoms with E-state index in [1.54, 1.807) is 0 Å². The molecule has 1 aliphatic heterocycles. The lowest BCUT2D eigenvalue weighted by molar-refractivity contribution is -0.148. The predicted molar refractivity (Wildman–Crippen MR) is 122 cm³/mol. The summed E-state index contributed by atoms with van der Waals surface area (Å²) >= 11 is 0. The maximum absolute atomic E-state index is 13.6. The van der Waals surface area contributed by atoms with E-state index in [1.807, 2.05) is 44.2 Å². The van der Waals surface area contributed by atoms with Crippen LogP contribution in [0.5, 0.6) is 0 Å². The molecule has 0 saturated heterocycles. The maximum Gasteiger partial charge on any atom is 0.315 e. The molecule has 1 N–H and O–H groups in total.